The zero-order valence-electron chi connectivity index (χ0n) is 10.5. The molecule has 0 saturated heterocycles. The number of carboxylic acid groups (broad SMARTS) is 2. The first-order chi connectivity index (χ1) is 8.86. The predicted octanol–water partition coefficient (Wildman–Crippen LogP) is 0.162. The van der Waals surface area contributed by atoms with E-state index in [0.717, 1.165) is 18.5 Å². The normalized spacial score (nSPS) is 14.8. The molecule has 0 unspecified atom stereocenters. The molecule has 1 aliphatic rings. The number of aliphatic carboxylic acids is 2. The van der Waals surface area contributed by atoms with Gasteiger partial charge in [-0.2, -0.15) is 0 Å². The average molecular weight is 265 g/mol. The molecule has 0 fully saturated rings. The molecule has 0 bridgehead atoms. The zero-order chi connectivity index (χ0) is 14.8. The summed E-state index contributed by atoms with van der Waals surface area (Å²) in [6.45, 7) is 1.71. The fraction of sp³-hybridized carbons (Fsp3) is 0.308. The lowest BCUT2D eigenvalue weighted by Crippen LogP contribution is -2.28. The van der Waals surface area contributed by atoms with Crippen LogP contribution in [0.4, 0.5) is 0 Å². The second kappa shape index (κ2) is 8.66. The Bertz CT molecular complexity index is 440. The molecule has 0 aliphatic carbocycles. The van der Waals surface area contributed by atoms with Gasteiger partial charge in [0.25, 0.3) is 0 Å². The monoisotopic (exact) mass is 265 g/mol. The van der Waals surface area contributed by atoms with Crippen LogP contribution in [0.5, 0.6) is 0 Å². The van der Waals surface area contributed by atoms with Crippen LogP contribution in [-0.4, -0.2) is 53.0 Å². The average Bonchev–Trinajstić information content (AvgIpc) is 2.36. The smallest absolute Gasteiger partial charge is 0.328 e. The number of likely N-dealkylation sites (N-methyl/N-ethyl adjacent to an activating group) is 1. The van der Waals surface area contributed by atoms with E-state index in [1.54, 1.807) is 0 Å². The molecule has 1 aliphatic heterocycles. The van der Waals surface area contributed by atoms with Crippen LogP contribution in [0.2, 0.25) is 0 Å². The van der Waals surface area contributed by atoms with E-state index in [1.807, 2.05) is 13.1 Å². The van der Waals surface area contributed by atoms with E-state index in [0.29, 0.717) is 18.7 Å². The highest BCUT2D eigenvalue weighted by molar-refractivity contribution is 6.08. The van der Waals surface area contributed by atoms with Crippen molar-refractivity contribution in [2.45, 2.75) is 6.42 Å². The van der Waals surface area contributed by atoms with E-state index in [2.05, 4.69) is 10.8 Å². The van der Waals surface area contributed by atoms with Crippen molar-refractivity contribution in [2.75, 3.05) is 20.1 Å². The summed E-state index contributed by atoms with van der Waals surface area (Å²) < 4.78 is 0. The molecule has 0 aromatic carbocycles. The van der Waals surface area contributed by atoms with Crippen LogP contribution in [0.1, 0.15) is 6.42 Å². The Kier molecular flexibility index (Phi) is 7.57. The van der Waals surface area contributed by atoms with Crippen molar-refractivity contribution in [3.05, 3.63) is 23.8 Å². The SMILES string of the molecule is C#CC(=O)C1=CCCN(C)C1.O=C(O)C=CC(=O)O. The van der Waals surface area contributed by atoms with Crippen molar-refractivity contribution in [1.82, 2.24) is 4.90 Å². The highest BCUT2D eigenvalue weighted by Gasteiger charge is 2.12. The van der Waals surface area contributed by atoms with Gasteiger partial charge in [0, 0.05) is 30.8 Å². The number of nitrogens with zero attached hydrogens (tertiary/aromatic N) is 1. The molecule has 0 radical (unpaired) electrons. The summed E-state index contributed by atoms with van der Waals surface area (Å²) in [5.74, 6) is -0.563. The number of ketones is 1. The van der Waals surface area contributed by atoms with Crippen LogP contribution in [0.3, 0.4) is 0 Å². The molecule has 1 rings (SSSR count). The number of rotatable bonds is 3. The molecule has 0 spiro atoms. The highest BCUT2D eigenvalue weighted by atomic mass is 16.4. The van der Waals surface area contributed by atoms with Gasteiger partial charge in [0.15, 0.2) is 0 Å². The fourth-order valence-electron chi connectivity index (χ4n) is 1.29. The van der Waals surface area contributed by atoms with Gasteiger partial charge in [-0.05, 0) is 19.4 Å². The molecular weight excluding hydrogens is 250 g/mol. The summed E-state index contributed by atoms with van der Waals surface area (Å²) in [5.41, 5.74) is 0.765. The second-order valence-corrected chi connectivity index (χ2v) is 3.74. The van der Waals surface area contributed by atoms with E-state index in [9.17, 15) is 14.4 Å². The molecule has 6 heteroatoms. The molecule has 2 N–H and O–H groups in total. The van der Waals surface area contributed by atoms with Gasteiger partial charge in [-0.25, -0.2) is 9.59 Å². The largest absolute Gasteiger partial charge is 0.478 e. The Morgan fingerprint density at radius 3 is 2.21 bits per heavy atom. The number of carbonyl (C=O) groups excluding carboxylic acids is 1. The summed E-state index contributed by atoms with van der Waals surface area (Å²) in [6, 6.07) is 0. The van der Waals surface area contributed by atoms with Crippen LogP contribution < -0.4 is 0 Å². The van der Waals surface area contributed by atoms with Gasteiger partial charge in [0.05, 0.1) is 0 Å². The van der Waals surface area contributed by atoms with Crippen molar-refractivity contribution in [3.8, 4) is 12.3 Å². The maximum Gasteiger partial charge on any atom is 0.328 e. The van der Waals surface area contributed by atoms with E-state index in [4.69, 9.17) is 16.6 Å². The van der Waals surface area contributed by atoms with Gasteiger partial charge in [0.1, 0.15) is 0 Å². The summed E-state index contributed by atoms with van der Waals surface area (Å²) in [5, 5.41) is 15.6. The molecule has 102 valence electrons. The second-order valence-electron chi connectivity index (χ2n) is 3.74. The first-order valence-electron chi connectivity index (χ1n) is 5.39. The Morgan fingerprint density at radius 2 is 1.84 bits per heavy atom. The fourth-order valence-corrected chi connectivity index (χ4v) is 1.29. The summed E-state index contributed by atoms with van der Waals surface area (Å²) in [6.07, 6.45) is 8.97. The van der Waals surface area contributed by atoms with E-state index in [1.165, 1.54) is 0 Å². The van der Waals surface area contributed by atoms with Gasteiger partial charge in [-0.3, -0.25) is 4.79 Å². The first-order valence-corrected chi connectivity index (χ1v) is 5.39. The highest BCUT2D eigenvalue weighted by Crippen LogP contribution is 2.07. The predicted molar refractivity (Wildman–Crippen MR) is 68.4 cm³/mol. The van der Waals surface area contributed by atoms with Crippen molar-refractivity contribution in [2.24, 2.45) is 0 Å². The molecule has 19 heavy (non-hydrogen) atoms. The lowest BCUT2D eigenvalue weighted by molar-refractivity contribution is -0.134. The van der Waals surface area contributed by atoms with Gasteiger partial charge in [-0.1, -0.05) is 6.08 Å². The molecular formula is C13H15NO5. The van der Waals surface area contributed by atoms with Gasteiger partial charge in [-0.15, -0.1) is 6.42 Å². The Morgan fingerprint density at radius 1 is 1.32 bits per heavy atom. The Hall–Kier alpha value is -2.39. The van der Waals surface area contributed by atoms with Gasteiger partial charge < -0.3 is 15.1 Å². The molecule has 0 saturated carbocycles. The van der Waals surface area contributed by atoms with E-state index in [-0.39, 0.29) is 5.78 Å². The summed E-state index contributed by atoms with van der Waals surface area (Å²) >= 11 is 0. The maximum atomic E-state index is 11.0. The lowest BCUT2D eigenvalue weighted by atomic mass is 10.1. The van der Waals surface area contributed by atoms with Crippen molar-refractivity contribution >= 4 is 17.7 Å². The molecule has 1 heterocycles. The number of carbonyl (C=O) groups is 3. The minimum Gasteiger partial charge on any atom is -0.478 e. The number of hydrogen-bond donors (Lipinski definition) is 2. The Balaban J connectivity index is 0.000000362. The van der Waals surface area contributed by atoms with Gasteiger partial charge >= 0.3 is 11.9 Å². The minimum atomic E-state index is -1.26. The minimum absolute atomic E-state index is 0.170. The topological polar surface area (TPSA) is 94.9 Å². The molecule has 0 aromatic rings. The molecule has 0 atom stereocenters. The lowest BCUT2D eigenvalue weighted by Gasteiger charge is -2.20. The number of Topliss-reactive ketones (excluding diaryl/α,β-unsaturated/α-hetero) is 1. The number of terminal acetylenes is 1. The third-order valence-electron chi connectivity index (χ3n) is 2.13. The van der Waals surface area contributed by atoms with Crippen LogP contribution in [0.15, 0.2) is 23.8 Å². The number of hydrogen-bond acceptors (Lipinski definition) is 4. The summed E-state index contributed by atoms with van der Waals surface area (Å²) in [7, 11) is 1.98. The van der Waals surface area contributed by atoms with Crippen molar-refractivity contribution in [3.63, 3.8) is 0 Å². The van der Waals surface area contributed by atoms with Crippen LogP contribution >= 0.6 is 0 Å². The van der Waals surface area contributed by atoms with Crippen LogP contribution in [0.25, 0.3) is 0 Å². The zero-order valence-corrected chi connectivity index (χ0v) is 10.5. The maximum absolute atomic E-state index is 11.0. The van der Waals surface area contributed by atoms with Crippen LogP contribution in [-0.2, 0) is 14.4 Å². The molecule has 6 nitrogen and oxygen atoms in total. The van der Waals surface area contributed by atoms with E-state index >= 15 is 0 Å². The quantitative estimate of drug-likeness (QED) is 0.429. The number of carboxylic acids is 2. The van der Waals surface area contributed by atoms with Crippen LogP contribution in [0, 0.1) is 12.3 Å². The standard InChI is InChI=1S/C9H11NO.C4H4O4/c1-3-9(11)8-5-4-6-10(2)7-8;5-3(6)1-2-4(7)8/h1,5H,4,6-7H2,2H3;1-2H,(H,5,6)(H,7,8). The van der Waals surface area contributed by atoms with E-state index < -0.39 is 11.9 Å². The summed E-state index contributed by atoms with van der Waals surface area (Å²) in [4.78, 5) is 32.2. The Labute approximate surface area is 111 Å². The van der Waals surface area contributed by atoms with Crippen molar-refractivity contribution < 1.29 is 24.6 Å². The van der Waals surface area contributed by atoms with Gasteiger partial charge in [0.2, 0.25) is 5.78 Å². The first kappa shape index (κ1) is 16.6. The molecule has 0 aromatic heterocycles. The third kappa shape index (κ3) is 8.35. The third-order valence-corrected chi connectivity index (χ3v) is 2.13. The molecule has 0 amide bonds. The van der Waals surface area contributed by atoms with Crippen molar-refractivity contribution in [1.29, 1.82) is 0 Å².